The van der Waals surface area contributed by atoms with Crippen LogP contribution >= 0.6 is 11.3 Å². The Morgan fingerprint density at radius 3 is 2.85 bits per heavy atom. The van der Waals surface area contributed by atoms with Gasteiger partial charge in [0.1, 0.15) is 0 Å². The number of hydrogen-bond acceptors (Lipinski definition) is 3. The quantitative estimate of drug-likeness (QED) is 0.738. The average molecular weight is 280 g/mol. The van der Waals surface area contributed by atoms with Crippen LogP contribution < -0.4 is 5.32 Å². The number of benzene rings is 2. The van der Waals surface area contributed by atoms with Crippen LogP contribution in [0.25, 0.3) is 16.8 Å². The van der Waals surface area contributed by atoms with Crippen molar-refractivity contribution >= 4 is 39.2 Å². The largest absolute Gasteiger partial charge is 0.298 e. The molecule has 0 saturated carbocycles. The maximum atomic E-state index is 11.8. The summed E-state index contributed by atoms with van der Waals surface area (Å²) in [6.45, 7) is 0. The van der Waals surface area contributed by atoms with E-state index in [4.69, 9.17) is 0 Å². The Labute approximate surface area is 120 Å². The molecule has 98 valence electrons. The predicted octanol–water partition coefficient (Wildman–Crippen LogP) is 3.95. The third-order valence-corrected chi connectivity index (χ3v) is 3.59. The lowest BCUT2D eigenvalue weighted by Crippen LogP contribution is -2.07. The Morgan fingerprint density at radius 2 is 2.00 bits per heavy atom. The zero-order chi connectivity index (χ0) is 13.8. The highest BCUT2D eigenvalue weighted by molar-refractivity contribution is 7.13. The van der Waals surface area contributed by atoms with Crippen molar-refractivity contribution in [3.8, 4) is 0 Å². The Bertz CT molecular complexity index is 758. The molecule has 0 spiro atoms. The molecule has 0 bridgehead atoms. The number of nitrogens with zero attached hydrogens (tertiary/aromatic N) is 1. The van der Waals surface area contributed by atoms with Crippen molar-refractivity contribution in [1.29, 1.82) is 0 Å². The molecule has 3 nitrogen and oxygen atoms in total. The second-order valence-corrected chi connectivity index (χ2v) is 5.12. The first kappa shape index (κ1) is 12.6. The number of hydrogen-bond donors (Lipinski definition) is 1. The third-order valence-electron chi connectivity index (χ3n) is 2.90. The van der Waals surface area contributed by atoms with E-state index in [9.17, 15) is 4.79 Å². The minimum absolute atomic E-state index is 0.173. The van der Waals surface area contributed by atoms with E-state index in [1.807, 2.05) is 41.8 Å². The van der Waals surface area contributed by atoms with Crippen molar-refractivity contribution in [1.82, 2.24) is 4.98 Å². The third kappa shape index (κ3) is 2.75. The predicted molar refractivity (Wildman–Crippen MR) is 83.7 cm³/mol. The van der Waals surface area contributed by atoms with Crippen molar-refractivity contribution in [3.63, 3.8) is 0 Å². The monoisotopic (exact) mass is 280 g/mol. The van der Waals surface area contributed by atoms with Crippen LogP contribution in [0.15, 0.2) is 60.1 Å². The maximum absolute atomic E-state index is 11.8. The molecule has 0 aliphatic rings. The fourth-order valence-electron chi connectivity index (χ4n) is 1.99. The van der Waals surface area contributed by atoms with E-state index in [1.165, 1.54) is 17.4 Å². The highest BCUT2D eigenvalue weighted by Gasteiger charge is 2.00. The summed E-state index contributed by atoms with van der Waals surface area (Å²) in [5, 5.41) is 7.45. The minimum atomic E-state index is -0.173. The van der Waals surface area contributed by atoms with Crippen molar-refractivity contribution in [2.45, 2.75) is 0 Å². The summed E-state index contributed by atoms with van der Waals surface area (Å²) >= 11 is 1.40. The van der Waals surface area contributed by atoms with Gasteiger partial charge in [-0.05, 0) is 22.4 Å². The summed E-state index contributed by atoms with van der Waals surface area (Å²) in [5.41, 5.74) is 1.03. The van der Waals surface area contributed by atoms with E-state index in [2.05, 4.69) is 22.4 Å². The van der Waals surface area contributed by atoms with Gasteiger partial charge in [-0.3, -0.25) is 10.1 Å². The van der Waals surface area contributed by atoms with Crippen LogP contribution in [-0.2, 0) is 4.79 Å². The molecule has 1 N–H and O–H groups in total. The Hall–Kier alpha value is -2.46. The molecule has 0 atom stereocenters. The van der Waals surface area contributed by atoms with E-state index >= 15 is 0 Å². The molecule has 0 fully saturated rings. The van der Waals surface area contributed by atoms with Gasteiger partial charge in [-0.15, -0.1) is 11.3 Å². The van der Waals surface area contributed by atoms with Crippen molar-refractivity contribution in [2.75, 3.05) is 5.32 Å². The van der Waals surface area contributed by atoms with Gasteiger partial charge in [0.2, 0.25) is 5.91 Å². The molecule has 1 aromatic heterocycles. The smallest absolute Gasteiger partial charge is 0.250 e. The van der Waals surface area contributed by atoms with Crippen molar-refractivity contribution < 1.29 is 4.79 Å². The summed E-state index contributed by atoms with van der Waals surface area (Å²) < 4.78 is 0. The van der Waals surface area contributed by atoms with E-state index < -0.39 is 0 Å². The number of carbonyl (C=O) groups excluding carboxylic acids is 1. The number of carbonyl (C=O) groups is 1. The second kappa shape index (κ2) is 5.67. The Morgan fingerprint density at radius 1 is 1.15 bits per heavy atom. The van der Waals surface area contributed by atoms with E-state index in [0.29, 0.717) is 5.13 Å². The van der Waals surface area contributed by atoms with Crippen molar-refractivity contribution in [3.05, 3.63) is 65.7 Å². The molecule has 1 heterocycles. The van der Waals surface area contributed by atoms with Crippen LogP contribution in [0, 0.1) is 0 Å². The standard InChI is InChI=1S/C16H12N2OS/c19-15(18-16-17-10-11-20-16)9-8-13-6-3-5-12-4-1-2-7-14(12)13/h1-11H,(H,17,18,19)/b9-8-. The van der Waals surface area contributed by atoms with Crippen molar-refractivity contribution in [2.24, 2.45) is 0 Å². The molecular weight excluding hydrogens is 268 g/mol. The van der Waals surface area contributed by atoms with Gasteiger partial charge >= 0.3 is 0 Å². The zero-order valence-electron chi connectivity index (χ0n) is 10.6. The van der Waals surface area contributed by atoms with Crippen LogP contribution in [0.3, 0.4) is 0 Å². The first-order valence-electron chi connectivity index (χ1n) is 6.19. The first-order chi connectivity index (χ1) is 9.83. The summed E-state index contributed by atoms with van der Waals surface area (Å²) in [5.74, 6) is -0.173. The summed E-state index contributed by atoms with van der Waals surface area (Å²) in [6, 6.07) is 14.1. The van der Waals surface area contributed by atoms with E-state index in [1.54, 1.807) is 6.20 Å². The first-order valence-corrected chi connectivity index (χ1v) is 7.07. The van der Waals surface area contributed by atoms with Gasteiger partial charge in [0, 0.05) is 17.7 Å². The number of amides is 1. The number of anilines is 1. The molecule has 0 saturated heterocycles. The number of fused-ring (bicyclic) bond motifs is 1. The van der Waals surface area contributed by atoms with Gasteiger partial charge in [-0.1, -0.05) is 42.5 Å². The van der Waals surface area contributed by atoms with E-state index in [-0.39, 0.29) is 5.91 Å². The number of thiazole rings is 1. The van der Waals surface area contributed by atoms with Crippen LogP contribution in [0.4, 0.5) is 5.13 Å². The minimum Gasteiger partial charge on any atom is -0.298 e. The Balaban J connectivity index is 1.82. The lowest BCUT2D eigenvalue weighted by molar-refractivity contribution is -0.111. The molecule has 2 aromatic carbocycles. The highest BCUT2D eigenvalue weighted by Crippen LogP contribution is 2.19. The molecule has 3 aromatic rings. The number of nitrogens with one attached hydrogen (secondary N) is 1. The molecule has 0 aliphatic heterocycles. The molecule has 0 unspecified atom stereocenters. The number of rotatable bonds is 3. The Kier molecular flexibility index (Phi) is 3.56. The lowest BCUT2D eigenvalue weighted by Gasteiger charge is -2.01. The van der Waals surface area contributed by atoms with E-state index in [0.717, 1.165) is 16.3 Å². The molecule has 1 amide bonds. The summed E-state index contributed by atoms with van der Waals surface area (Å²) in [7, 11) is 0. The van der Waals surface area contributed by atoms with Gasteiger partial charge < -0.3 is 0 Å². The lowest BCUT2D eigenvalue weighted by atomic mass is 10.0. The average Bonchev–Trinajstić information content (AvgIpc) is 2.98. The molecule has 4 heteroatoms. The van der Waals surface area contributed by atoms with Gasteiger partial charge in [-0.25, -0.2) is 4.98 Å². The van der Waals surface area contributed by atoms with Gasteiger partial charge in [0.25, 0.3) is 0 Å². The second-order valence-electron chi connectivity index (χ2n) is 4.23. The normalized spacial score (nSPS) is 11.0. The maximum Gasteiger partial charge on any atom is 0.250 e. The SMILES string of the molecule is O=C(/C=C\c1cccc2ccccc12)Nc1nccs1. The molecule has 3 rings (SSSR count). The topological polar surface area (TPSA) is 42.0 Å². The highest BCUT2D eigenvalue weighted by atomic mass is 32.1. The van der Waals surface area contributed by atoms with Crippen LogP contribution in [0.1, 0.15) is 5.56 Å². The zero-order valence-corrected chi connectivity index (χ0v) is 11.4. The van der Waals surface area contributed by atoms with Gasteiger partial charge in [0.05, 0.1) is 0 Å². The fraction of sp³-hybridized carbons (Fsp3) is 0. The molecule has 20 heavy (non-hydrogen) atoms. The molecule has 0 radical (unpaired) electrons. The number of aromatic nitrogens is 1. The summed E-state index contributed by atoms with van der Waals surface area (Å²) in [6.07, 6.45) is 5.02. The molecular formula is C16H12N2OS. The van der Waals surface area contributed by atoms with Crippen LogP contribution in [-0.4, -0.2) is 10.9 Å². The van der Waals surface area contributed by atoms with Crippen LogP contribution in [0.5, 0.6) is 0 Å². The molecule has 0 aliphatic carbocycles. The fourth-order valence-corrected chi connectivity index (χ4v) is 2.53. The van der Waals surface area contributed by atoms with Crippen LogP contribution in [0.2, 0.25) is 0 Å². The van der Waals surface area contributed by atoms with Gasteiger partial charge in [-0.2, -0.15) is 0 Å². The summed E-state index contributed by atoms with van der Waals surface area (Å²) in [4.78, 5) is 15.8. The van der Waals surface area contributed by atoms with Gasteiger partial charge in [0.15, 0.2) is 5.13 Å².